The molecule has 0 aromatic heterocycles. The maximum atomic E-state index is 13.0. The Hall–Kier alpha value is -2.03. The monoisotopic (exact) mass is 204 g/mol. The van der Waals surface area contributed by atoms with E-state index in [-0.39, 0.29) is 11.5 Å². The molecule has 0 saturated carbocycles. The SMILES string of the molecule is Oc1ccc(-c2cc(O)cc(F)c2)cc1. The predicted molar refractivity (Wildman–Crippen MR) is 55.2 cm³/mol. The standard InChI is InChI=1S/C12H9FO2/c13-10-5-9(6-12(15)7-10)8-1-3-11(14)4-2-8/h1-7,14-15H. The van der Waals surface area contributed by atoms with Gasteiger partial charge in [-0.05, 0) is 35.4 Å². The highest BCUT2D eigenvalue weighted by Crippen LogP contribution is 2.26. The van der Waals surface area contributed by atoms with E-state index >= 15 is 0 Å². The second kappa shape index (κ2) is 3.61. The number of halogens is 1. The van der Waals surface area contributed by atoms with Gasteiger partial charge >= 0.3 is 0 Å². The van der Waals surface area contributed by atoms with E-state index in [4.69, 9.17) is 5.11 Å². The molecule has 0 saturated heterocycles. The molecule has 2 aromatic rings. The highest BCUT2D eigenvalue weighted by atomic mass is 19.1. The van der Waals surface area contributed by atoms with Crippen molar-refractivity contribution >= 4 is 0 Å². The number of phenols is 2. The Morgan fingerprint density at radius 1 is 0.733 bits per heavy atom. The fourth-order valence-corrected chi connectivity index (χ4v) is 1.39. The Morgan fingerprint density at radius 2 is 1.40 bits per heavy atom. The lowest BCUT2D eigenvalue weighted by Gasteiger charge is -2.03. The van der Waals surface area contributed by atoms with Gasteiger partial charge in [0.2, 0.25) is 0 Å². The molecular formula is C12H9FO2. The van der Waals surface area contributed by atoms with Crippen LogP contribution in [0.2, 0.25) is 0 Å². The van der Waals surface area contributed by atoms with Gasteiger partial charge in [0.15, 0.2) is 0 Å². The maximum Gasteiger partial charge on any atom is 0.127 e. The third-order valence-corrected chi connectivity index (χ3v) is 2.08. The van der Waals surface area contributed by atoms with Crippen molar-refractivity contribution in [2.45, 2.75) is 0 Å². The average molecular weight is 204 g/mol. The van der Waals surface area contributed by atoms with Crippen molar-refractivity contribution in [1.82, 2.24) is 0 Å². The topological polar surface area (TPSA) is 40.5 Å². The molecule has 2 N–H and O–H groups in total. The first-order chi connectivity index (χ1) is 7.15. The van der Waals surface area contributed by atoms with E-state index in [0.29, 0.717) is 5.56 Å². The second-order valence-corrected chi connectivity index (χ2v) is 3.24. The summed E-state index contributed by atoms with van der Waals surface area (Å²) in [6, 6.07) is 10.2. The minimum absolute atomic E-state index is 0.113. The normalized spacial score (nSPS) is 10.2. The van der Waals surface area contributed by atoms with E-state index in [1.165, 1.54) is 24.3 Å². The lowest BCUT2D eigenvalue weighted by Crippen LogP contribution is -1.80. The average Bonchev–Trinajstić information content (AvgIpc) is 2.17. The summed E-state index contributed by atoms with van der Waals surface area (Å²) in [6.45, 7) is 0. The molecule has 2 rings (SSSR count). The minimum atomic E-state index is -0.488. The number of hydrogen-bond acceptors (Lipinski definition) is 2. The molecule has 15 heavy (non-hydrogen) atoms. The Labute approximate surface area is 86.2 Å². The zero-order valence-electron chi connectivity index (χ0n) is 7.81. The van der Waals surface area contributed by atoms with Gasteiger partial charge in [-0.2, -0.15) is 0 Å². The van der Waals surface area contributed by atoms with Crippen LogP contribution in [0.5, 0.6) is 11.5 Å². The van der Waals surface area contributed by atoms with Gasteiger partial charge in [0.25, 0.3) is 0 Å². The number of benzene rings is 2. The van der Waals surface area contributed by atoms with Gasteiger partial charge in [-0.1, -0.05) is 12.1 Å². The molecule has 3 heteroatoms. The molecule has 0 heterocycles. The van der Waals surface area contributed by atoms with Crippen LogP contribution in [0, 0.1) is 5.82 Å². The van der Waals surface area contributed by atoms with Crippen molar-refractivity contribution in [3.63, 3.8) is 0 Å². The van der Waals surface area contributed by atoms with E-state index < -0.39 is 5.82 Å². The number of phenolic OH excluding ortho intramolecular Hbond substituents is 2. The van der Waals surface area contributed by atoms with E-state index in [9.17, 15) is 9.50 Å². The van der Waals surface area contributed by atoms with Gasteiger partial charge < -0.3 is 10.2 Å². The van der Waals surface area contributed by atoms with Crippen molar-refractivity contribution in [2.75, 3.05) is 0 Å². The highest BCUT2D eigenvalue weighted by Gasteiger charge is 2.02. The van der Waals surface area contributed by atoms with Gasteiger partial charge in [0.1, 0.15) is 17.3 Å². The van der Waals surface area contributed by atoms with Crippen LogP contribution in [0.1, 0.15) is 0 Å². The van der Waals surface area contributed by atoms with Crippen molar-refractivity contribution in [3.05, 3.63) is 48.3 Å². The summed E-state index contributed by atoms with van der Waals surface area (Å²) < 4.78 is 13.0. The van der Waals surface area contributed by atoms with Gasteiger partial charge in [-0.3, -0.25) is 0 Å². The van der Waals surface area contributed by atoms with Gasteiger partial charge in [0.05, 0.1) is 0 Å². The Balaban J connectivity index is 2.49. The first-order valence-electron chi connectivity index (χ1n) is 4.44. The Bertz CT molecular complexity index is 457. The summed E-state index contributed by atoms with van der Waals surface area (Å²) in [7, 11) is 0. The summed E-state index contributed by atoms with van der Waals surface area (Å²) in [5, 5.41) is 18.3. The predicted octanol–water partition coefficient (Wildman–Crippen LogP) is 2.90. The van der Waals surface area contributed by atoms with Crippen LogP contribution in [-0.2, 0) is 0 Å². The van der Waals surface area contributed by atoms with E-state index in [0.717, 1.165) is 11.6 Å². The molecule has 2 nitrogen and oxygen atoms in total. The summed E-state index contributed by atoms with van der Waals surface area (Å²) in [5.41, 5.74) is 1.31. The molecule has 0 spiro atoms. The van der Waals surface area contributed by atoms with Crippen molar-refractivity contribution in [3.8, 4) is 22.6 Å². The zero-order valence-corrected chi connectivity index (χ0v) is 7.81. The summed E-state index contributed by atoms with van der Waals surface area (Å²) in [4.78, 5) is 0. The lowest BCUT2D eigenvalue weighted by atomic mass is 10.1. The van der Waals surface area contributed by atoms with Gasteiger partial charge in [-0.15, -0.1) is 0 Å². The quantitative estimate of drug-likeness (QED) is 0.749. The second-order valence-electron chi connectivity index (χ2n) is 3.24. The molecule has 0 fully saturated rings. The van der Waals surface area contributed by atoms with E-state index in [1.807, 2.05) is 0 Å². The van der Waals surface area contributed by atoms with Crippen LogP contribution in [0.3, 0.4) is 0 Å². The van der Waals surface area contributed by atoms with Gasteiger partial charge in [-0.25, -0.2) is 4.39 Å². The van der Waals surface area contributed by atoms with Crippen LogP contribution in [0.15, 0.2) is 42.5 Å². The van der Waals surface area contributed by atoms with Crippen LogP contribution in [-0.4, -0.2) is 10.2 Å². The molecule has 0 aliphatic rings. The van der Waals surface area contributed by atoms with Crippen molar-refractivity contribution in [2.24, 2.45) is 0 Å². The molecule has 2 aromatic carbocycles. The Morgan fingerprint density at radius 3 is 2.00 bits per heavy atom. The van der Waals surface area contributed by atoms with Crippen LogP contribution < -0.4 is 0 Å². The van der Waals surface area contributed by atoms with Gasteiger partial charge in [0, 0.05) is 6.07 Å². The third-order valence-electron chi connectivity index (χ3n) is 2.08. The van der Waals surface area contributed by atoms with Crippen molar-refractivity contribution in [1.29, 1.82) is 0 Å². The molecule has 0 radical (unpaired) electrons. The first kappa shape index (κ1) is 9.52. The van der Waals surface area contributed by atoms with Crippen LogP contribution in [0.25, 0.3) is 11.1 Å². The number of hydrogen-bond donors (Lipinski definition) is 2. The lowest BCUT2D eigenvalue weighted by molar-refractivity contribution is 0.469. The van der Waals surface area contributed by atoms with Crippen LogP contribution in [0.4, 0.5) is 4.39 Å². The first-order valence-corrected chi connectivity index (χ1v) is 4.44. The Kier molecular flexibility index (Phi) is 2.29. The summed E-state index contributed by atoms with van der Waals surface area (Å²) >= 11 is 0. The molecule has 0 aliphatic carbocycles. The van der Waals surface area contributed by atoms with E-state index in [1.54, 1.807) is 12.1 Å². The van der Waals surface area contributed by atoms with Crippen molar-refractivity contribution < 1.29 is 14.6 Å². The third kappa shape index (κ3) is 2.07. The number of rotatable bonds is 1. The summed E-state index contributed by atoms with van der Waals surface area (Å²) in [5.74, 6) is -0.449. The molecular weight excluding hydrogens is 195 g/mol. The minimum Gasteiger partial charge on any atom is -0.508 e. The molecule has 0 atom stereocenters. The van der Waals surface area contributed by atoms with E-state index in [2.05, 4.69) is 0 Å². The fourth-order valence-electron chi connectivity index (χ4n) is 1.39. The largest absolute Gasteiger partial charge is 0.508 e. The highest BCUT2D eigenvalue weighted by molar-refractivity contribution is 5.65. The molecule has 0 unspecified atom stereocenters. The number of aromatic hydroxyl groups is 2. The molecule has 0 bridgehead atoms. The zero-order chi connectivity index (χ0) is 10.8. The smallest absolute Gasteiger partial charge is 0.127 e. The van der Waals surface area contributed by atoms with Crippen LogP contribution >= 0.6 is 0 Å². The molecule has 0 amide bonds. The summed E-state index contributed by atoms with van der Waals surface area (Å²) in [6.07, 6.45) is 0. The molecule has 0 aliphatic heterocycles. The molecule has 76 valence electrons. The fraction of sp³-hybridized carbons (Fsp3) is 0. The maximum absolute atomic E-state index is 13.0.